The Hall–Kier alpha value is -2.94. The number of aryl methyl sites for hydroxylation is 1. The normalized spacial score (nSPS) is 10.6. The quantitative estimate of drug-likeness (QED) is 0.419. The summed E-state index contributed by atoms with van der Waals surface area (Å²) in [5, 5.41) is 26.8. The van der Waals surface area contributed by atoms with Gasteiger partial charge in [0.2, 0.25) is 5.75 Å². The standard InChI is InChI=1S/C15H13BrN4O4/c1-9-4-2-3-5-12(9)18-15(22)19-17-8-10-6-11(16)14(21)13(7-10)20(23)24/h2-8,21H,1H3,(H2,18,19,22). The number of hydrogen-bond acceptors (Lipinski definition) is 5. The van der Waals surface area contributed by atoms with E-state index in [9.17, 15) is 20.0 Å². The Balaban J connectivity index is 2.05. The number of para-hydroxylation sites is 1. The van der Waals surface area contributed by atoms with Crippen molar-refractivity contribution in [3.63, 3.8) is 0 Å². The van der Waals surface area contributed by atoms with Crippen LogP contribution in [0.25, 0.3) is 0 Å². The predicted octanol–water partition coefficient (Wildman–Crippen LogP) is 3.53. The topological polar surface area (TPSA) is 117 Å². The van der Waals surface area contributed by atoms with Gasteiger partial charge in [-0.1, -0.05) is 18.2 Å². The fourth-order valence-corrected chi connectivity index (χ4v) is 2.31. The lowest BCUT2D eigenvalue weighted by atomic mass is 10.2. The minimum Gasteiger partial charge on any atom is -0.501 e. The fraction of sp³-hybridized carbons (Fsp3) is 0.0667. The largest absolute Gasteiger partial charge is 0.501 e. The molecule has 0 aromatic heterocycles. The number of phenols is 1. The molecule has 0 unspecified atom stereocenters. The molecule has 0 aliphatic heterocycles. The first-order chi connectivity index (χ1) is 11.4. The van der Waals surface area contributed by atoms with Gasteiger partial charge < -0.3 is 10.4 Å². The highest BCUT2D eigenvalue weighted by Crippen LogP contribution is 2.34. The molecular formula is C15H13BrN4O4. The van der Waals surface area contributed by atoms with Crippen molar-refractivity contribution in [1.82, 2.24) is 5.43 Å². The molecular weight excluding hydrogens is 380 g/mol. The van der Waals surface area contributed by atoms with Crippen molar-refractivity contribution in [2.75, 3.05) is 5.32 Å². The number of benzene rings is 2. The zero-order valence-electron chi connectivity index (χ0n) is 12.5. The van der Waals surface area contributed by atoms with E-state index < -0.39 is 22.4 Å². The van der Waals surface area contributed by atoms with Gasteiger partial charge in [0.25, 0.3) is 0 Å². The van der Waals surface area contributed by atoms with Crippen molar-refractivity contribution in [3.05, 3.63) is 62.1 Å². The van der Waals surface area contributed by atoms with Gasteiger partial charge in [0, 0.05) is 17.3 Å². The maximum Gasteiger partial charge on any atom is 0.339 e. The number of nitro groups is 1. The van der Waals surface area contributed by atoms with Gasteiger partial charge >= 0.3 is 11.7 Å². The number of rotatable bonds is 4. The number of carbonyl (C=O) groups is 1. The van der Waals surface area contributed by atoms with Crippen LogP contribution in [0.15, 0.2) is 46.0 Å². The molecule has 2 rings (SSSR count). The molecule has 0 fully saturated rings. The van der Waals surface area contributed by atoms with Crippen LogP contribution in [-0.4, -0.2) is 22.3 Å². The molecule has 2 amide bonds. The lowest BCUT2D eigenvalue weighted by molar-refractivity contribution is -0.386. The van der Waals surface area contributed by atoms with E-state index in [-0.39, 0.29) is 4.47 Å². The summed E-state index contributed by atoms with van der Waals surface area (Å²) in [5.41, 5.74) is 3.68. The van der Waals surface area contributed by atoms with Crippen molar-refractivity contribution in [2.24, 2.45) is 5.10 Å². The Morgan fingerprint density at radius 1 is 1.38 bits per heavy atom. The van der Waals surface area contributed by atoms with E-state index in [0.29, 0.717) is 11.3 Å². The molecule has 0 bridgehead atoms. The highest BCUT2D eigenvalue weighted by atomic mass is 79.9. The Kier molecular flexibility index (Phi) is 5.48. The van der Waals surface area contributed by atoms with E-state index in [1.807, 2.05) is 19.1 Å². The van der Waals surface area contributed by atoms with Gasteiger partial charge in [-0.15, -0.1) is 0 Å². The van der Waals surface area contributed by atoms with Gasteiger partial charge in [-0.05, 0) is 40.5 Å². The minimum atomic E-state index is -0.713. The summed E-state index contributed by atoms with van der Waals surface area (Å²) in [6, 6.07) is 9.28. The van der Waals surface area contributed by atoms with E-state index >= 15 is 0 Å². The summed E-state index contributed by atoms with van der Waals surface area (Å²) in [5.74, 6) is -0.470. The number of phenolic OH excluding ortho intramolecular Hbond substituents is 1. The molecule has 9 heteroatoms. The Labute approximate surface area is 145 Å². The molecule has 0 saturated heterocycles. The first-order valence-electron chi connectivity index (χ1n) is 6.71. The highest BCUT2D eigenvalue weighted by molar-refractivity contribution is 9.10. The molecule has 3 N–H and O–H groups in total. The van der Waals surface area contributed by atoms with E-state index in [1.165, 1.54) is 12.3 Å². The molecule has 8 nitrogen and oxygen atoms in total. The van der Waals surface area contributed by atoms with E-state index in [2.05, 4.69) is 31.8 Å². The van der Waals surface area contributed by atoms with Crippen LogP contribution in [0, 0.1) is 17.0 Å². The van der Waals surface area contributed by atoms with Crippen LogP contribution in [-0.2, 0) is 0 Å². The number of urea groups is 1. The molecule has 0 saturated carbocycles. The second-order valence-electron chi connectivity index (χ2n) is 4.77. The first-order valence-corrected chi connectivity index (χ1v) is 7.50. The third-order valence-corrected chi connectivity index (χ3v) is 3.64. The van der Waals surface area contributed by atoms with Gasteiger partial charge in [-0.3, -0.25) is 10.1 Å². The van der Waals surface area contributed by atoms with Crippen LogP contribution in [0.3, 0.4) is 0 Å². The number of nitrogens with zero attached hydrogens (tertiary/aromatic N) is 2. The highest BCUT2D eigenvalue weighted by Gasteiger charge is 2.17. The van der Waals surface area contributed by atoms with Crippen LogP contribution in [0.1, 0.15) is 11.1 Å². The average molecular weight is 393 g/mol. The lowest BCUT2D eigenvalue weighted by Gasteiger charge is -2.06. The Morgan fingerprint density at radius 2 is 2.08 bits per heavy atom. The summed E-state index contributed by atoms with van der Waals surface area (Å²) in [6.45, 7) is 1.85. The van der Waals surface area contributed by atoms with Crippen LogP contribution >= 0.6 is 15.9 Å². The molecule has 0 radical (unpaired) electrons. The van der Waals surface area contributed by atoms with Crippen molar-refractivity contribution >= 4 is 39.6 Å². The van der Waals surface area contributed by atoms with Gasteiger partial charge in [-0.2, -0.15) is 5.10 Å². The molecule has 0 atom stereocenters. The first kappa shape index (κ1) is 17.4. The SMILES string of the molecule is Cc1ccccc1NC(=O)NN=Cc1cc(Br)c(O)c([N+](=O)[O-])c1. The number of halogens is 1. The van der Waals surface area contributed by atoms with Gasteiger partial charge in [0.1, 0.15) is 0 Å². The van der Waals surface area contributed by atoms with Crippen molar-refractivity contribution in [3.8, 4) is 5.75 Å². The molecule has 0 heterocycles. The maximum atomic E-state index is 11.8. The second kappa shape index (κ2) is 7.55. The number of aromatic hydroxyl groups is 1. The molecule has 0 aliphatic rings. The number of hydrogen-bond donors (Lipinski definition) is 3. The molecule has 24 heavy (non-hydrogen) atoms. The van der Waals surface area contributed by atoms with Crippen molar-refractivity contribution < 1.29 is 14.8 Å². The van der Waals surface area contributed by atoms with E-state index in [4.69, 9.17) is 0 Å². The third-order valence-electron chi connectivity index (χ3n) is 3.04. The minimum absolute atomic E-state index is 0.155. The smallest absolute Gasteiger partial charge is 0.339 e. The monoisotopic (exact) mass is 392 g/mol. The zero-order valence-corrected chi connectivity index (χ0v) is 14.1. The molecule has 2 aromatic rings. The van der Waals surface area contributed by atoms with Crippen LogP contribution < -0.4 is 10.7 Å². The van der Waals surface area contributed by atoms with Gasteiger partial charge in [-0.25, -0.2) is 10.2 Å². The lowest BCUT2D eigenvalue weighted by Crippen LogP contribution is -2.24. The predicted molar refractivity (Wildman–Crippen MR) is 93.4 cm³/mol. The number of nitro benzene ring substituents is 1. The number of nitrogens with one attached hydrogen (secondary N) is 2. The van der Waals surface area contributed by atoms with E-state index in [0.717, 1.165) is 11.6 Å². The van der Waals surface area contributed by atoms with Gasteiger partial charge in [0.15, 0.2) is 0 Å². The summed E-state index contributed by atoms with van der Waals surface area (Å²) in [6.07, 6.45) is 1.23. The zero-order chi connectivity index (χ0) is 17.7. The Morgan fingerprint density at radius 3 is 2.75 bits per heavy atom. The van der Waals surface area contributed by atoms with Gasteiger partial charge in [0.05, 0.1) is 15.6 Å². The summed E-state index contributed by atoms with van der Waals surface area (Å²) in [4.78, 5) is 21.9. The fourth-order valence-electron chi connectivity index (χ4n) is 1.85. The van der Waals surface area contributed by atoms with Crippen molar-refractivity contribution in [1.29, 1.82) is 0 Å². The number of anilines is 1. The molecule has 0 spiro atoms. The third kappa shape index (κ3) is 4.29. The molecule has 2 aromatic carbocycles. The van der Waals surface area contributed by atoms with Crippen LogP contribution in [0.5, 0.6) is 5.75 Å². The van der Waals surface area contributed by atoms with E-state index in [1.54, 1.807) is 12.1 Å². The average Bonchev–Trinajstić information content (AvgIpc) is 2.52. The number of amides is 2. The number of carbonyl (C=O) groups excluding carboxylic acids is 1. The summed E-state index contributed by atoms with van der Waals surface area (Å²) >= 11 is 3.02. The second-order valence-corrected chi connectivity index (χ2v) is 5.62. The summed E-state index contributed by atoms with van der Waals surface area (Å²) < 4.78 is 0.155. The number of hydrazone groups is 1. The van der Waals surface area contributed by atoms with Crippen LogP contribution in [0.2, 0.25) is 0 Å². The van der Waals surface area contributed by atoms with Crippen LogP contribution in [0.4, 0.5) is 16.2 Å². The summed E-state index contributed by atoms with van der Waals surface area (Å²) in [7, 11) is 0. The molecule has 124 valence electrons. The van der Waals surface area contributed by atoms with Crippen molar-refractivity contribution in [2.45, 2.75) is 6.92 Å². The maximum absolute atomic E-state index is 11.8. The molecule has 0 aliphatic carbocycles. The Bertz CT molecular complexity index is 823.